The van der Waals surface area contributed by atoms with Crippen LogP contribution in [0.3, 0.4) is 0 Å². The lowest BCUT2D eigenvalue weighted by Gasteiger charge is -2.35. The Kier molecular flexibility index (Phi) is 7.72. The van der Waals surface area contributed by atoms with Crippen molar-refractivity contribution in [1.82, 2.24) is 14.7 Å². The van der Waals surface area contributed by atoms with Crippen molar-refractivity contribution in [3.63, 3.8) is 0 Å². The quantitative estimate of drug-likeness (QED) is 0.744. The van der Waals surface area contributed by atoms with E-state index >= 15 is 0 Å². The van der Waals surface area contributed by atoms with Crippen molar-refractivity contribution in [2.75, 3.05) is 46.8 Å². The van der Waals surface area contributed by atoms with Gasteiger partial charge in [0, 0.05) is 50.6 Å². The fourth-order valence-corrected chi connectivity index (χ4v) is 3.20. The summed E-state index contributed by atoms with van der Waals surface area (Å²) < 4.78 is 0. The summed E-state index contributed by atoms with van der Waals surface area (Å²) in [6.45, 7) is 3.32. The lowest BCUT2D eigenvalue weighted by Crippen LogP contribution is -2.50. The van der Waals surface area contributed by atoms with Gasteiger partial charge in [0.25, 0.3) is 0 Å². The van der Waals surface area contributed by atoms with E-state index in [1.807, 2.05) is 53.1 Å². The highest BCUT2D eigenvalue weighted by Crippen LogP contribution is 2.17. The molecule has 1 fully saturated rings. The second-order valence-electron chi connectivity index (χ2n) is 6.76. The van der Waals surface area contributed by atoms with Crippen LogP contribution in [0, 0.1) is 0 Å². The molecule has 1 aromatic rings. The molecule has 1 aliphatic heterocycles. The molecule has 2 amide bonds. The van der Waals surface area contributed by atoms with Crippen molar-refractivity contribution in [2.45, 2.75) is 25.7 Å². The number of hydrogen-bond donors (Lipinski definition) is 0. The predicted molar refractivity (Wildman–Crippen MR) is 101 cm³/mol. The highest BCUT2D eigenvalue weighted by Gasteiger charge is 2.23. The smallest absolute Gasteiger partial charge is 0.223 e. The van der Waals surface area contributed by atoms with Crippen LogP contribution in [-0.2, 0) is 16.0 Å². The number of carbonyl (C=O) groups is 2. The molecule has 2 rings (SSSR count). The van der Waals surface area contributed by atoms with E-state index in [1.54, 1.807) is 0 Å². The molecule has 0 aromatic heterocycles. The van der Waals surface area contributed by atoms with Crippen molar-refractivity contribution >= 4 is 23.4 Å². The molecule has 1 aliphatic rings. The maximum Gasteiger partial charge on any atom is 0.223 e. The van der Waals surface area contributed by atoms with Crippen molar-refractivity contribution in [2.24, 2.45) is 0 Å². The van der Waals surface area contributed by atoms with Crippen molar-refractivity contribution in [3.05, 3.63) is 34.9 Å². The van der Waals surface area contributed by atoms with E-state index in [-0.39, 0.29) is 11.8 Å². The third kappa shape index (κ3) is 6.33. The van der Waals surface area contributed by atoms with Gasteiger partial charge in [-0.05, 0) is 38.6 Å². The molecular formula is C19H28ClN3O2. The third-order valence-electron chi connectivity index (χ3n) is 4.55. The van der Waals surface area contributed by atoms with Crippen molar-refractivity contribution < 1.29 is 9.59 Å². The highest BCUT2D eigenvalue weighted by atomic mass is 35.5. The minimum atomic E-state index is 0.174. The molecule has 0 atom stereocenters. The molecule has 25 heavy (non-hydrogen) atoms. The topological polar surface area (TPSA) is 43.9 Å². The van der Waals surface area contributed by atoms with E-state index in [2.05, 4.69) is 0 Å². The van der Waals surface area contributed by atoms with E-state index in [0.29, 0.717) is 39.0 Å². The Hall–Kier alpha value is -1.59. The Morgan fingerprint density at radius 2 is 1.56 bits per heavy atom. The zero-order chi connectivity index (χ0) is 18.2. The first kappa shape index (κ1) is 19.7. The molecule has 6 heteroatoms. The molecule has 1 heterocycles. The minimum absolute atomic E-state index is 0.174. The van der Waals surface area contributed by atoms with Crippen LogP contribution < -0.4 is 0 Å². The van der Waals surface area contributed by atoms with Gasteiger partial charge in [-0.1, -0.05) is 29.8 Å². The maximum absolute atomic E-state index is 12.3. The van der Waals surface area contributed by atoms with Crippen LogP contribution in [-0.4, -0.2) is 73.3 Å². The number of aryl methyl sites for hydroxylation is 1. The second kappa shape index (κ2) is 9.78. The Morgan fingerprint density at radius 3 is 2.12 bits per heavy atom. The Morgan fingerprint density at radius 1 is 1.00 bits per heavy atom. The van der Waals surface area contributed by atoms with E-state index < -0.39 is 0 Å². The number of hydrogen-bond acceptors (Lipinski definition) is 3. The lowest BCUT2D eigenvalue weighted by molar-refractivity contribution is -0.139. The number of rotatable bonds is 7. The summed E-state index contributed by atoms with van der Waals surface area (Å²) in [6, 6.07) is 7.77. The van der Waals surface area contributed by atoms with Crippen LogP contribution in [0.1, 0.15) is 24.8 Å². The SMILES string of the molecule is CN(C)CCC(=O)N1CCN(C(=O)CCCc2ccccc2Cl)CC1. The molecule has 5 nitrogen and oxygen atoms in total. The summed E-state index contributed by atoms with van der Waals surface area (Å²) in [6.07, 6.45) is 2.68. The van der Waals surface area contributed by atoms with E-state index in [1.165, 1.54) is 0 Å². The standard InChI is InChI=1S/C19H28ClN3O2/c1-21(2)11-10-19(25)23-14-12-22(13-15-23)18(24)9-5-7-16-6-3-4-8-17(16)20/h3-4,6,8H,5,7,9-15H2,1-2H3. The monoisotopic (exact) mass is 365 g/mol. The summed E-state index contributed by atoms with van der Waals surface area (Å²) in [7, 11) is 3.93. The van der Waals surface area contributed by atoms with Crippen LogP contribution in [0.4, 0.5) is 0 Å². The van der Waals surface area contributed by atoms with Gasteiger partial charge in [0.15, 0.2) is 0 Å². The van der Waals surface area contributed by atoms with E-state index in [9.17, 15) is 9.59 Å². The van der Waals surface area contributed by atoms with Crippen LogP contribution in [0.15, 0.2) is 24.3 Å². The third-order valence-corrected chi connectivity index (χ3v) is 4.92. The van der Waals surface area contributed by atoms with E-state index in [0.717, 1.165) is 30.0 Å². The molecule has 0 bridgehead atoms. The second-order valence-corrected chi connectivity index (χ2v) is 7.17. The number of carbonyl (C=O) groups excluding carboxylic acids is 2. The molecule has 1 saturated heterocycles. The largest absolute Gasteiger partial charge is 0.339 e. The van der Waals surface area contributed by atoms with Crippen molar-refractivity contribution in [3.8, 4) is 0 Å². The maximum atomic E-state index is 12.3. The fourth-order valence-electron chi connectivity index (χ4n) is 2.97. The van der Waals surface area contributed by atoms with E-state index in [4.69, 9.17) is 11.6 Å². The lowest BCUT2D eigenvalue weighted by atomic mass is 10.1. The average molecular weight is 366 g/mol. The highest BCUT2D eigenvalue weighted by molar-refractivity contribution is 6.31. The molecule has 0 unspecified atom stereocenters. The molecule has 0 saturated carbocycles. The van der Waals surface area contributed by atoms with Gasteiger partial charge < -0.3 is 14.7 Å². The summed E-state index contributed by atoms with van der Waals surface area (Å²) >= 11 is 6.14. The van der Waals surface area contributed by atoms with Gasteiger partial charge in [-0.15, -0.1) is 0 Å². The van der Waals surface area contributed by atoms with Crippen LogP contribution >= 0.6 is 11.6 Å². The summed E-state index contributed by atoms with van der Waals surface area (Å²) in [5.41, 5.74) is 1.09. The summed E-state index contributed by atoms with van der Waals surface area (Å²) in [5.74, 6) is 0.354. The number of halogens is 1. The van der Waals surface area contributed by atoms with Crippen LogP contribution in [0.5, 0.6) is 0 Å². The molecule has 0 aliphatic carbocycles. The van der Waals surface area contributed by atoms with Gasteiger partial charge in [-0.2, -0.15) is 0 Å². The van der Waals surface area contributed by atoms with Gasteiger partial charge in [0.05, 0.1) is 0 Å². The summed E-state index contributed by atoms with van der Waals surface area (Å²) in [4.78, 5) is 30.2. The Labute approximate surface area is 155 Å². The molecule has 1 aromatic carbocycles. The average Bonchev–Trinajstić information content (AvgIpc) is 2.61. The first-order valence-electron chi connectivity index (χ1n) is 8.91. The zero-order valence-electron chi connectivity index (χ0n) is 15.2. The molecule has 0 radical (unpaired) electrons. The minimum Gasteiger partial charge on any atom is -0.339 e. The first-order valence-corrected chi connectivity index (χ1v) is 9.29. The molecular weight excluding hydrogens is 338 g/mol. The van der Waals surface area contributed by atoms with Gasteiger partial charge in [-0.3, -0.25) is 9.59 Å². The predicted octanol–water partition coefficient (Wildman–Crippen LogP) is 2.29. The van der Waals surface area contributed by atoms with Crippen molar-refractivity contribution in [1.29, 1.82) is 0 Å². The number of piperazine rings is 1. The van der Waals surface area contributed by atoms with Gasteiger partial charge in [0.1, 0.15) is 0 Å². The fraction of sp³-hybridized carbons (Fsp3) is 0.579. The zero-order valence-corrected chi connectivity index (χ0v) is 16.0. The Balaban J connectivity index is 1.69. The number of benzene rings is 1. The van der Waals surface area contributed by atoms with Gasteiger partial charge >= 0.3 is 0 Å². The molecule has 0 N–H and O–H groups in total. The van der Waals surface area contributed by atoms with Crippen LogP contribution in [0.25, 0.3) is 0 Å². The number of amides is 2. The Bertz CT molecular complexity index is 584. The molecule has 138 valence electrons. The normalized spacial score (nSPS) is 14.9. The van der Waals surface area contributed by atoms with Crippen LogP contribution in [0.2, 0.25) is 5.02 Å². The number of nitrogens with zero attached hydrogens (tertiary/aromatic N) is 3. The molecule has 0 spiro atoms. The van der Waals surface area contributed by atoms with Gasteiger partial charge in [-0.25, -0.2) is 0 Å². The first-order chi connectivity index (χ1) is 12.0. The van der Waals surface area contributed by atoms with Gasteiger partial charge in [0.2, 0.25) is 11.8 Å². The summed E-state index contributed by atoms with van der Waals surface area (Å²) in [5, 5.41) is 0.764.